The highest BCUT2D eigenvalue weighted by Crippen LogP contribution is 2.26. The topological polar surface area (TPSA) is 24.5 Å². The van der Waals surface area contributed by atoms with E-state index in [2.05, 4.69) is 10.2 Å². The Morgan fingerprint density at radius 1 is 1.26 bits per heavy atom. The zero-order chi connectivity index (χ0) is 13.8. The van der Waals surface area contributed by atoms with Crippen LogP contribution in [0.1, 0.15) is 26.7 Å². The van der Waals surface area contributed by atoms with Gasteiger partial charge in [0.05, 0.1) is 11.8 Å². The molecular formula is C15H23FN2O. The van der Waals surface area contributed by atoms with Crippen molar-refractivity contribution in [3.63, 3.8) is 0 Å². The number of hydrogen-bond acceptors (Lipinski definition) is 3. The van der Waals surface area contributed by atoms with E-state index in [1.807, 2.05) is 26.0 Å². The van der Waals surface area contributed by atoms with E-state index in [9.17, 15) is 4.39 Å². The molecular weight excluding hydrogens is 243 g/mol. The predicted molar refractivity (Wildman–Crippen MR) is 77.4 cm³/mol. The van der Waals surface area contributed by atoms with Crippen LogP contribution in [0.25, 0.3) is 0 Å². The zero-order valence-corrected chi connectivity index (χ0v) is 11.9. The minimum absolute atomic E-state index is 0.0846. The average molecular weight is 266 g/mol. The predicted octanol–water partition coefficient (Wildman–Crippen LogP) is 3.26. The van der Waals surface area contributed by atoms with Gasteiger partial charge in [0.15, 0.2) is 0 Å². The lowest BCUT2D eigenvalue weighted by molar-refractivity contribution is 0.106. The van der Waals surface area contributed by atoms with Crippen molar-refractivity contribution in [3.8, 4) is 0 Å². The summed E-state index contributed by atoms with van der Waals surface area (Å²) in [5, 5.41) is 3.27. The van der Waals surface area contributed by atoms with Crippen LogP contribution in [-0.2, 0) is 4.74 Å². The average Bonchev–Trinajstić information content (AvgIpc) is 2.91. The number of ether oxygens (including phenoxy) is 1. The van der Waals surface area contributed by atoms with Crippen molar-refractivity contribution in [2.45, 2.75) is 38.8 Å². The highest BCUT2D eigenvalue weighted by atomic mass is 19.1. The Balaban J connectivity index is 2.06. The molecule has 0 saturated carbocycles. The number of nitrogens with zero attached hydrogens (tertiary/aromatic N) is 1. The second-order valence-corrected chi connectivity index (χ2v) is 5.23. The Bertz CT molecular complexity index is 419. The maximum Gasteiger partial charge on any atom is 0.148 e. The van der Waals surface area contributed by atoms with E-state index in [1.165, 1.54) is 0 Å². The van der Waals surface area contributed by atoms with Crippen LogP contribution in [0, 0.1) is 5.82 Å². The molecule has 1 fully saturated rings. The summed E-state index contributed by atoms with van der Waals surface area (Å²) in [6, 6.07) is 5.53. The first-order valence-corrected chi connectivity index (χ1v) is 6.95. The molecule has 2 atom stereocenters. The van der Waals surface area contributed by atoms with Gasteiger partial charge in [-0.3, -0.25) is 0 Å². The molecule has 2 unspecified atom stereocenters. The summed E-state index contributed by atoms with van der Waals surface area (Å²) in [6.07, 6.45) is 2.39. The smallest absolute Gasteiger partial charge is 0.148 e. The first kappa shape index (κ1) is 14.1. The van der Waals surface area contributed by atoms with Crippen LogP contribution in [0.15, 0.2) is 18.2 Å². The number of methoxy groups -OCH3 is 1. The van der Waals surface area contributed by atoms with Crippen molar-refractivity contribution < 1.29 is 9.13 Å². The van der Waals surface area contributed by atoms with Crippen LogP contribution in [-0.4, -0.2) is 32.3 Å². The minimum atomic E-state index is -0.149. The van der Waals surface area contributed by atoms with E-state index in [4.69, 9.17) is 4.74 Å². The lowest BCUT2D eigenvalue weighted by Gasteiger charge is -2.23. The zero-order valence-electron chi connectivity index (χ0n) is 11.9. The molecule has 106 valence electrons. The van der Waals surface area contributed by atoms with Gasteiger partial charge in [-0.05, 0) is 44.9 Å². The molecule has 1 saturated heterocycles. The molecule has 1 aromatic carbocycles. The van der Waals surface area contributed by atoms with Crippen LogP contribution < -0.4 is 10.2 Å². The molecule has 0 bridgehead atoms. The number of rotatable bonds is 5. The van der Waals surface area contributed by atoms with Gasteiger partial charge in [0.25, 0.3) is 0 Å². The molecule has 0 radical (unpaired) electrons. The van der Waals surface area contributed by atoms with E-state index >= 15 is 0 Å². The molecule has 0 amide bonds. The van der Waals surface area contributed by atoms with E-state index in [-0.39, 0.29) is 18.0 Å². The third-order valence-corrected chi connectivity index (χ3v) is 3.86. The third kappa shape index (κ3) is 3.38. The molecule has 1 aromatic rings. The monoisotopic (exact) mass is 266 g/mol. The lowest BCUT2D eigenvalue weighted by Crippen LogP contribution is -2.29. The summed E-state index contributed by atoms with van der Waals surface area (Å²) in [6.45, 7) is 5.94. The SMILES string of the molecule is COC(C)C(C)Nc1ccc(N2CCCC2)c(F)c1. The number of halogens is 1. The Morgan fingerprint density at radius 3 is 2.53 bits per heavy atom. The van der Waals surface area contributed by atoms with Crippen molar-refractivity contribution in [1.29, 1.82) is 0 Å². The Morgan fingerprint density at radius 2 is 1.95 bits per heavy atom. The summed E-state index contributed by atoms with van der Waals surface area (Å²) >= 11 is 0. The summed E-state index contributed by atoms with van der Waals surface area (Å²) < 4.78 is 19.4. The number of hydrogen-bond donors (Lipinski definition) is 1. The van der Waals surface area contributed by atoms with Gasteiger partial charge in [0, 0.05) is 31.9 Å². The van der Waals surface area contributed by atoms with Gasteiger partial charge in [-0.25, -0.2) is 4.39 Å². The van der Waals surface area contributed by atoms with E-state index in [0.29, 0.717) is 0 Å². The fourth-order valence-electron chi connectivity index (χ4n) is 2.40. The van der Waals surface area contributed by atoms with Gasteiger partial charge < -0.3 is 15.0 Å². The van der Waals surface area contributed by atoms with Crippen molar-refractivity contribution in [3.05, 3.63) is 24.0 Å². The van der Waals surface area contributed by atoms with Gasteiger partial charge in [0.1, 0.15) is 5.82 Å². The largest absolute Gasteiger partial charge is 0.380 e. The van der Waals surface area contributed by atoms with Crippen molar-refractivity contribution in [2.75, 3.05) is 30.4 Å². The molecule has 19 heavy (non-hydrogen) atoms. The van der Waals surface area contributed by atoms with Crippen LogP contribution in [0.2, 0.25) is 0 Å². The summed E-state index contributed by atoms with van der Waals surface area (Å²) in [7, 11) is 1.68. The second-order valence-electron chi connectivity index (χ2n) is 5.23. The van der Waals surface area contributed by atoms with Crippen LogP contribution in [0.3, 0.4) is 0 Å². The number of anilines is 2. The molecule has 0 aromatic heterocycles. The van der Waals surface area contributed by atoms with Gasteiger partial charge in [-0.15, -0.1) is 0 Å². The molecule has 2 rings (SSSR count). The summed E-state index contributed by atoms with van der Waals surface area (Å²) in [5.74, 6) is -0.149. The molecule has 1 aliphatic rings. The van der Waals surface area contributed by atoms with Crippen LogP contribution in [0.4, 0.5) is 15.8 Å². The molecule has 1 N–H and O–H groups in total. The number of benzene rings is 1. The maximum atomic E-state index is 14.1. The van der Waals surface area contributed by atoms with Crippen molar-refractivity contribution in [1.82, 2.24) is 0 Å². The quantitative estimate of drug-likeness (QED) is 0.885. The van der Waals surface area contributed by atoms with Crippen molar-refractivity contribution >= 4 is 11.4 Å². The molecule has 3 nitrogen and oxygen atoms in total. The normalized spacial score (nSPS) is 18.4. The van der Waals surface area contributed by atoms with Crippen LogP contribution in [0.5, 0.6) is 0 Å². The highest BCUT2D eigenvalue weighted by Gasteiger charge is 2.17. The van der Waals surface area contributed by atoms with Gasteiger partial charge in [-0.1, -0.05) is 0 Å². The first-order chi connectivity index (χ1) is 9.11. The standard InChI is InChI=1S/C15H23FN2O/c1-11(12(2)19-3)17-13-6-7-15(14(16)10-13)18-8-4-5-9-18/h6-7,10-12,17H,4-5,8-9H2,1-3H3. The van der Waals surface area contributed by atoms with E-state index < -0.39 is 0 Å². The highest BCUT2D eigenvalue weighted by molar-refractivity contribution is 5.57. The number of nitrogens with one attached hydrogen (secondary N) is 1. The molecule has 0 aliphatic carbocycles. The Kier molecular flexibility index (Phi) is 4.64. The molecule has 4 heteroatoms. The van der Waals surface area contributed by atoms with Gasteiger partial charge in [0.2, 0.25) is 0 Å². The minimum Gasteiger partial charge on any atom is -0.380 e. The second kappa shape index (κ2) is 6.24. The Labute approximate surface area is 114 Å². The fraction of sp³-hybridized carbons (Fsp3) is 0.600. The van der Waals surface area contributed by atoms with Crippen molar-refractivity contribution in [2.24, 2.45) is 0 Å². The Hall–Kier alpha value is -1.29. The molecule has 1 heterocycles. The fourth-order valence-corrected chi connectivity index (χ4v) is 2.40. The lowest BCUT2D eigenvalue weighted by atomic mass is 10.2. The first-order valence-electron chi connectivity index (χ1n) is 6.95. The van der Waals surface area contributed by atoms with Gasteiger partial charge >= 0.3 is 0 Å². The summed E-state index contributed by atoms with van der Waals surface area (Å²) in [4.78, 5) is 2.11. The molecule has 0 spiro atoms. The molecule has 1 aliphatic heterocycles. The van der Waals surface area contributed by atoms with Gasteiger partial charge in [-0.2, -0.15) is 0 Å². The summed E-state index contributed by atoms with van der Waals surface area (Å²) in [5.41, 5.74) is 1.52. The van der Waals surface area contributed by atoms with E-state index in [1.54, 1.807) is 13.2 Å². The van der Waals surface area contributed by atoms with E-state index in [0.717, 1.165) is 37.3 Å². The third-order valence-electron chi connectivity index (χ3n) is 3.86. The maximum absolute atomic E-state index is 14.1. The van der Waals surface area contributed by atoms with Crippen LogP contribution >= 0.6 is 0 Å².